The fourth-order valence-corrected chi connectivity index (χ4v) is 3.29. The Hall–Kier alpha value is -2.94. The predicted octanol–water partition coefficient (Wildman–Crippen LogP) is 2.13. The minimum Gasteiger partial charge on any atom is -0.383 e. The number of rotatable bonds is 5. The Morgan fingerprint density at radius 2 is 2.07 bits per heavy atom. The normalized spacial score (nSPS) is 13.4. The first-order valence-electron chi connectivity index (χ1n) is 8.50. The maximum absolute atomic E-state index is 12.5. The highest BCUT2D eigenvalue weighted by atomic mass is 32.2. The number of carbonyl (C=O) groups excluding carboxylic acids is 1. The van der Waals surface area contributed by atoms with Gasteiger partial charge in [-0.15, -0.1) is 0 Å². The van der Waals surface area contributed by atoms with Crippen molar-refractivity contribution < 1.29 is 4.79 Å². The van der Waals surface area contributed by atoms with E-state index in [0.717, 1.165) is 5.75 Å². The summed E-state index contributed by atoms with van der Waals surface area (Å²) >= 11 is 1.52. The molecule has 1 aromatic carbocycles. The molecule has 9 heteroatoms. The number of hydrogen-bond acceptors (Lipinski definition) is 8. The van der Waals surface area contributed by atoms with Crippen molar-refractivity contribution in [3.8, 4) is 0 Å². The molecule has 2 heterocycles. The second-order valence-electron chi connectivity index (χ2n) is 6.23. The molecule has 0 unspecified atom stereocenters. The van der Waals surface area contributed by atoms with Crippen molar-refractivity contribution in [2.45, 2.75) is 19.9 Å². The van der Waals surface area contributed by atoms with E-state index in [0.29, 0.717) is 34.2 Å². The lowest BCUT2D eigenvalue weighted by Gasteiger charge is -2.16. The Bertz CT molecular complexity index is 910. The summed E-state index contributed by atoms with van der Waals surface area (Å²) in [5.74, 6) is 1.33. The summed E-state index contributed by atoms with van der Waals surface area (Å²) in [6.07, 6.45) is 1.36. The summed E-state index contributed by atoms with van der Waals surface area (Å²) in [6, 6.07) is 6.96. The van der Waals surface area contributed by atoms with E-state index in [9.17, 15) is 4.79 Å². The summed E-state index contributed by atoms with van der Waals surface area (Å²) in [5, 5.41) is 15.2. The third-order valence-corrected chi connectivity index (χ3v) is 4.66. The molecule has 0 atom stereocenters. The van der Waals surface area contributed by atoms with E-state index in [1.54, 1.807) is 24.3 Å². The van der Waals surface area contributed by atoms with Gasteiger partial charge in [0.1, 0.15) is 18.0 Å². The number of aromatic nitrogens is 2. The zero-order valence-electron chi connectivity index (χ0n) is 15.1. The Kier molecular flexibility index (Phi) is 5.70. The van der Waals surface area contributed by atoms with Crippen LogP contribution in [0, 0.1) is 5.41 Å². The lowest BCUT2D eigenvalue weighted by atomic mass is 10.0. The average molecular weight is 383 g/mol. The fraction of sp³-hybridized carbons (Fsp3) is 0.278. The molecule has 0 bridgehead atoms. The summed E-state index contributed by atoms with van der Waals surface area (Å²) in [4.78, 5) is 24.9. The minimum atomic E-state index is -0.254. The lowest BCUT2D eigenvalue weighted by Crippen LogP contribution is -2.27. The largest absolute Gasteiger partial charge is 0.383 e. The van der Waals surface area contributed by atoms with Gasteiger partial charge in [-0.25, -0.2) is 9.97 Å². The summed E-state index contributed by atoms with van der Waals surface area (Å²) in [7, 11) is 0. The standard InChI is InChI=1S/C18H21N7OS/c1-10(2)24-16-13(15(20)22-9-23-16)14(19)11-4-3-5-12(8-11)17(26)25-18-21-6-7-27-18/h3-5,8-10,19H,6-7H2,1-2H3,(H,21,25,26)(H3,20,22,23,24). The van der Waals surface area contributed by atoms with Crippen LogP contribution in [0.25, 0.3) is 0 Å². The number of amides is 1. The fourth-order valence-electron chi connectivity index (χ4n) is 2.57. The Morgan fingerprint density at radius 1 is 1.30 bits per heavy atom. The third-order valence-electron chi connectivity index (χ3n) is 3.77. The van der Waals surface area contributed by atoms with Crippen LogP contribution in [-0.2, 0) is 0 Å². The van der Waals surface area contributed by atoms with Crippen LogP contribution in [0.2, 0.25) is 0 Å². The maximum atomic E-state index is 12.5. The van der Waals surface area contributed by atoms with Crippen LogP contribution in [0.1, 0.15) is 35.3 Å². The van der Waals surface area contributed by atoms with Crippen molar-refractivity contribution in [2.75, 3.05) is 23.3 Å². The van der Waals surface area contributed by atoms with E-state index in [2.05, 4.69) is 25.6 Å². The molecule has 1 amide bonds. The lowest BCUT2D eigenvalue weighted by molar-refractivity contribution is 0.0978. The van der Waals surface area contributed by atoms with Crippen molar-refractivity contribution in [1.29, 1.82) is 5.41 Å². The van der Waals surface area contributed by atoms with E-state index in [-0.39, 0.29) is 23.5 Å². The molecule has 1 aliphatic rings. The zero-order valence-corrected chi connectivity index (χ0v) is 15.9. The van der Waals surface area contributed by atoms with Gasteiger partial charge in [-0.3, -0.25) is 15.2 Å². The Labute approximate surface area is 161 Å². The number of thioether (sulfide) groups is 1. The SMILES string of the molecule is CC(C)Nc1ncnc(N)c1C(=N)c1cccc(C(=O)NC2=NCCS2)c1. The number of nitrogen functional groups attached to an aromatic ring is 1. The van der Waals surface area contributed by atoms with Crippen LogP contribution in [0.3, 0.4) is 0 Å². The highest BCUT2D eigenvalue weighted by Gasteiger charge is 2.18. The molecule has 1 aromatic heterocycles. The molecule has 2 aromatic rings. The zero-order chi connectivity index (χ0) is 19.4. The second kappa shape index (κ2) is 8.17. The summed E-state index contributed by atoms with van der Waals surface area (Å²) in [6.45, 7) is 4.66. The number of carbonyl (C=O) groups is 1. The predicted molar refractivity (Wildman–Crippen MR) is 110 cm³/mol. The molecule has 0 fully saturated rings. The van der Waals surface area contributed by atoms with Crippen molar-refractivity contribution in [1.82, 2.24) is 15.3 Å². The van der Waals surface area contributed by atoms with Gasteiger partial charge in [0.15, 0.2) is 5.17 Å². The quantitative estimate of drug-likeness (QED) is 0.585. The number of nitrogens with two attached hydrogens (primary N) is 1. The smallest absolute Gasteiger partial charge is 0.257 e. The number of anilines is 2. The highest BCUT2D eigenvalue weighted by Crippen LogP contribution is 2.22. The molecule has 8 nitrogen and oxygen atoms in total. The molecule has 1 aliphatic heterocycles. The molecule has 0 saturated heterocycles. The van der Waals surface area contributed by atoms with Crippen LogP contribution < -0.4 is 16.4 Å². The van der Waals surface area contributed by atoms with E-state index in [4.69, 9.17) is 11.1 Å². The van der Waals surface area contributed by atoms with Crippen molar-refractivity contribution >= 4 is 40.2 Å². The maximum Gasteiger partial charge on any atom is 0.257 e. The number of nitrogens with zero attached hydrogens (tertiary/aromatic N) is 3. The van der Waals surface area contributed by atoms with Gasteiger partial charge in [0.05, 0.1) is 17.8 Å². The van der Waals surface area contributed by atoms with Crippen molar-refractivity contribution in [3.63, 3.8) is 0 Å². The number of amidine groups is 1. The van der Waals surface area contributed by atoms with Gasteiger partial charge < -0.3 is 16.4 Å². The van der Waals surface area contributed by atoms with Gasteiger partial charge in [0, 0.05) is 22.9 Å². The van der Waals surface area contributed by atoms with Crippen LogP contribution in [-0.4, -0.2) is 45.1 Å². The second-order valence-corrected chi connectivity index (χ2v) is 7.31. The third kappa shape index (κ3) is 4.43. The van der Waals surface area contributed by atoms with Gasteiger partial charge in [-0.05, 0) is 26.0 Å². The molecule has 0 radical (unpaired) electrons. The molecule has 0 aliphatic carbocycles. The molecule has 0 saturated carbocycles. The number of aliphatic imine (C=N–C) groups is 1. The molecular weight excluding hydrogens is 362 g/mol. The Balaban J connectivity index is 1.89. The number of benzene rings is 1. The monoisotopic (exact) mass is 383 g/mol. The molecule has 140 valence electrons. The summed E-state index contributed by atoms with van der Waals surface area (Å²) < 4.78 is 0. The van der Waals surface area contributed by atoms with Crippen LogP contribution in [0.15, 0.2) is 35.6 Å². The molecular formula is C18H21N7OS. The van der Waals surface area contributed by atoms with Crippen LogP contribution in [0.4, 0.5) is 11.6 Å². The van der Waals surface area contributed by atoms with Gasteiger partial charge in [-0.2, -0.15) is 0 Å². The van der Waals surface area contributed by atoms with E-state index in [1.165, 1.54) is 18.1 Å². The van der Waals surface area contributed by atoms with Crippen LogP contribution >= 0.6 is 11.8 Å². The van der Waals surface area contributed by atoms with E-state index >= 15 is 0 Å². The molecule has 27 heavy (non-hydrogen) atoms. The van der Waals surface area contributed by atoms with Gasteiger partial charge >= 0.3 is 0 Å². The van der Waals surface area contributed by atoms with Crippen molar-refractivity contribution in [2.24, 2.45) is 4.99 Å². The first-order chi connectivity index (χ1) is 13.0. The van der Waals surface area contributed by atoms with Crippen LogP contribution in [0.5, 0.6) is 0 Å². The number of nitrogens with one attached hydrogen (secondary N) is 3. The van der Waals surface area contributed by atoms with E-state index in [1.807, 2.05) is 13.8 Å². The first-order valence-corrected chi connectivity index (χ1v) is 9.49. The molecule has 0 spiro atoms. The van der Waals surface area contributed by atoms with Gasteiger partial charge in [0.25, 0.3) is 5.91 Å². The van der Waals surface area contributed by atoms with E-state index < -0.39 is 0 Å². The first kappa shape index (κ1) is 18.8. The molecule has 5 N–H and O–H groups in total. The highest BCUT2D eigenvalue weighted by molar-refractivity contribution is 8.14. The topological polar surface area (TPSA) is 129 Å². The Morgan fingerprint density at radius 3 is 2.78 bits per heavy atom. The minimum absolute atomic E-state index is 0.118. The van der Waals surface area contributed by atoms with Gasteiger partial charge in [-0.1, -0.05) is 23.9 Å². The molecule has 3 rings (SSSR count). The summed E-state index contributed by atoms with van der Waals surface area (Å²) in [5.41, 5.74) is 7.58. The van der Waals surface area contributed by atoms with Gasteiger partial charge in [0.2, 0.25) is 0 Å². The van der Waals surface area contributed by atoms with Crippen molar-refractivity contribution in [3.05, 3.63) is 47.3 Å². The number of hydrogen-bond donors (Lipinski definition) is 4. The average Bonchev–Trinajstić information content (AvgIpc) is 3.14.